The van der Waals surface area contributed by atoms with Gasteiger partial charge in [0.1, 0.15) is 0 Å². The first-order valence-electron chi connectivity index (χ1n) is 7.26. The summed E-state index contributed by atoms with van der Waals surface area (Å²) < 4.78 is 23.1. The van der Waals surface area contributed by atoms with Gasteiger partial charge in [0, 0.05) is 12.6 Å². The summed E-state index contributed by atoms with van der Waals surface area (Å²) in [6.45, 7) is 6.53. The van der Waals surface area contributed by atoms with Crippen molar-refractivity contribution in [3.63, 3.8) is 0 Å². The molecule has 5 heteroatoms. The van der Waals surface area contributed by atoms with Crippen LogP contribution in [0.2, 0.25) is 0 Å². The van der Waals surface area contributed by atoms with E-state index in [1.54, 1.807) is 0 Å². The molecule has 0 aliphatic carbocycles. The van der Waals surface area contributed by atoms with Crippen molar-refractivity contribution >= 4 is 9.84 Å². The Labute approximate surface area is 111 Å². The van der Waals surface area contributed by atoms with Gasteiger partial charge in [-0.15, -0.1) is 0 Å². The molecular formula is C13H26N2O2S. The quantitative estimate of drug-likeness (QED) is 0.756. The van der Waals surface area contributed by atoms with Crippen molar-refractivity contribution in [2.45, 2.75) is 38.6 Å². The molecule has 0 aromatic carbocycles. The van der Waals surface area contributed by atoms with E-state index in [0.717, 1.165) is 32.6 Å². The van der Waals surface area contributed by atoms with Crippen LogP contribution in [0.15, 0.2) is 0 Å². The molecular weight excluding hydrogens is 248 g/mol. The Kier molecular flexibility index (Phi) is 5.04. The van der Waals surface area contributed by atoms with Crippen LogP contribution in [-0.2, 0) is 9.84 Å². The summed E-state index contributed by atoms with van der Waals surface area (Å²) in [5.41, 5.74) is 0. The lowest BCUT2D eigenvalue weighted by Crippen LogP contribution is -2.45. The second kappa shape index (κ2) is 6.35. The summed E-state index contributed by atoms with van der Waals surface area (Å²) in [4.78, 5) is 2.42. The first kappa shape index (κ1) is 14.3. The van der Waals surface area contributed by atoms with Crippen LogP contribution in [0, 0.1) is 5.92 Å². The number of likely N-dealkylation sites (tertiary alicyclic amines) is 1. The highest BCUT2D eigenvalue weighted by Crippen LogP contribution is 2.24. The van der Waals surface area contributed by atoms with Gasteiger partial charge < -0.3 is 5.32 Å². The second-order valence-corrected chi connectivity index (χ2v) is 7.99. The molecule has 0 aromatic heterocycles. The number of hydrogen-bond donors (Lipinski definition) is 1. The number of nitrogens with zero attached hydrogens (tertiary/aromatic N) is 1. The number of sulfone groups is 1. The fourth-order valence-corrected chi connectivity index (χ4v) is 4.90. The maximum Gasteiger partial charge on any atom is 0.151 e. The summed E-state index contributed by atoms with van der Waals surface area (Å²) >= 11 is 0. The largest absolute Gasteiger partial charge is 0.316 e. The molecule has 106 valence electrons. The highest BCUT2D eigenvalue weighted by Gasteiger charge is 2.34. The average Bonchev–Trinajstić information content (AvgIpc) is 2.71. The maximum atomic E-state index is 11.5. The van der Waals surface area contributed by atoms with Crippen molar-refractivity contribution < 1.29 is 8.42 Å². The minimum Gasteiger partial charge on any atom is -0.316 e. The first-order chi connectivity index (χ1) is 8.61. The van der Waals surface area contributed by atoms with Crippen LogP contribution in [0.25, 0.3) is 0 Å². The van der Waals surface area contributed by atoms with E-state index in [9.17, 15) is 8.42 Å². The molecule has 2 aliphatic heterocycles. The van der Waals surface area contributed by atoms with Gasteiger partial charge in [-0.3, -0.25) is 4.90 Å². The Balaban J connectivity index is 1.80. The zero-order valence-corrected chi connectivity index (χ0v) is 12.2. The molecule has 0 amide bonds. The molecule has 2 heterocycles. The summed E-state index contributed by atoms with van der Waals surface area (Å²) in [6.07, 6.45) is 4.52. The van der Waals surface area contributed by atoms with Gasteiger partial charge in [-0.25, -0.2) is 8.42 Å². The molecule has 0 spiro atoms. The molecule has 4 nitrogen and oxygen atoms in total. The number of rotatable bonds is 5. The van der Waals surface area contributed by atoms with E-state index in [4.69, 9.17) is 0 Å². The normalized spacial score (nSPS) is 32.7. The fourth-order valence-electron chi connectivity index (χ4n) is 3.14. The van der Waals surface area contributed by atoms with Gasteiger partial charge in [0.05, 0.1) is 11.5 Å². The van der Waals surface area contributed by atoms with Crippen molar-refractivity contribution in [3.05, 3.63) is 0 Å². The van der Waals surface area contributed by atoms with E-state index < -0.39 is 9.84 Å². The number of piperidine rings is 1. The third-order valence-electron chi connectivity index (χ3n) is 4.13. The van der Waals surface area contributed by atoms with Crippen LogP contribution >= 0.6 is 0 Å². The van der Waals surface area contributed by atoms with E-state index in [2.05, 4.69) is 17.1 Å². The van der Waals surface area contributed by atoms with Crippen molar-refractivity contribution in [1.82, 2.24) is 10.2 Å². The zero-order chi connectivity index (χ0) is 13.0. The smallest absolute Gasteiger partial charge is 0.151 e. The average molecular weight is 274 g/mol. The zero-order valence-electron chi connectivity index (χ0n) is 11.4. The van der Waals surface area contributed by atoms with Crippen LogP contribution in [0.5, 0.6) is 0 Å². The summed E-state index contributed by atoms with van der Waals surface area (Å²) in [5, 5.41) is 3.49. The fraction of sp³-hybridized carbons (Fsp3) is 1.00. The van der Waals surface area contributed by atoms with Gasteiger partial charge >= 0.3 is 0 Å². The van der Waals surface area contributed by atoms with Crippen molar-refractivity contribution in [2.75, 3.05) is 37.7 Å². The third kappa shape index (κ3) is 3.93. The second-order valence-electron chi connectivity index (χ2n) is 5.76. The molecule has 2 unspecified atom stereocenters. The summed E-state index contributed by atoms with van der Waals surface area (Å²) in [6, 6.07) is 0.295. The highest BCUT2D eigenvalue weighted by molar-refractivity contribution is 7.91. The van der Waals surface area contributed by atoms with Gasteiger partial charge in [0.15, 0.2) is 9.84 Å². The summed E-state index contributed by atoms with van der Waals surface area (Å²) in [7, 11) is -2.74. The standard InChI is InChI=1S/C13H26N2O2S/c1-2-6-14-9-12-4-3-7-15(10-12)13-5-8-18(16,17)11-13/h12-14H,2-11H2,1H3. The maximum absolute atomic E-state index is 11.5. The van der Waals surface area contributed by atoms with Crippen molar-refractivity contribution in [2.24, 2.45) is 5.92 Å². The van der Waals surface area contributed by atoms with Crippen LogP contribution < -0.4 is 5.32 Å². The number of hydrogen-bond acceptors (Lipinski definition) is 4. The highest BCUT2D eigenvalue weighted by atomic mass is 32.2. The van der Waals surface area contributed by atoms with Gasteiger partial charge in [-0.2, -0.15) is 0 Å². The Morgan fingerprint density at radius 2 is 2.17 bits per heavy atom. The molecule has 2 rings (SSSR count). The van der Waals surface area contributed by atoms with Gasteiger partial charge in [0.2, 0.25) is 0 Å². The van der Waals surface area contributed by atoms with Crippen molar-refractivity contribution in [1.29, 1.82) is 0 Å². The molecule has 0 saturated carbocycles. The monoisotopic (exact) mass is 274 g/mol. The van der Waals surface area contributed by atoms with Gasteiger partial charge in [0.25, 0.3) is 0 Å². The van der Waals surface area contributed by atoms with Gasteiger partial charge in [-0.1, -0.05) is 6.92 Å². The van der Waals surface area contributed by atoms with Crippen LogP contribution in [0.3, 0.4) is 0 Å². The summed E-state index contributed by atoms with van der Waals surface area (Å²) in [5.74, 6) is 1.49. The van der Waals surface area contributed by atoms with Crippen LogP contribution in [-0.4, -0.2) is 57.0 Å². The number of nitrogens with one attached hydrogen (secondary N) is 1. The Morgan fingerprint density at radius 1 is 1.33 bits per heavy atom. The SMILES string of the molecule is CCCNCC1CCCN(C2CCS(=O)(=O)C2)C1. The molecule has 1 N–H and O–H groups in total. The van der Waals surface area contributed by atoms with E-state index in [1.807, 2.05) is 0 Å². The third-order valence-corrected chi connectivity index (χ3v) is 5.89. The molecule has 0 aromatic rings. The molecule has 2 aliphatic rings. The van der Waals surface area contributed by atoms with Gasteiger partial charge in [-0.05, 0) is 51.2 Å². The van der Waals surface area contributed by atoms with Crippen LogP contribution in [0.4, 0.5) is 0 Å². The minimum atomic E-state index is -2.74. The topological polar surface area (TPSA) is 49.4 Å². The predicted octanol–water partition coefficient (Wildman–Crippen LogP) is 0.885. The molecule has 2 fully saturated rings. The lowest BCUT2D eigenvalue weighted by atomic mass is 9.96. The Morgan fingerprint density at radius 3 is 2.83 bits per heavy atom. The first-order valence-corrected chi connectivity index (χ1v) is 9.08. The Hall–Kier alpha value is -0.130. The van der Waals surface area contributed by atoms with Crippen LogP contribution in [0.1, 0.15) is 32.6 Å². The van der Waals surface area contributed by atoms with E-state index in [1.165, 1.54) is 19.3 Å². The molecule has 0 bridgehead atoms. The lowest BCUT2D eigenvalue weighted by Gasteiger charge is -2.36. The van der Waals surface area contributed by atoms with E-state index in [0.29, 0.717) is 23.5 Å². The lowest BCUT2D eigenvalue weighted by molar-refractivity contribution is 0.133. The molecule has 2 atom stereocenters. The van der Waals surface area contributed by atoms with Crippen molar-refractivity contribution in [3.8, 4) is 0 Å². The molecule has 2 saturated heterocycles. The van der Waals surface area contributed by atoms with E-state index in [-0.39, 0.29) is 0 Å². The molecule has 18 heavy (non-hydrogen) atoms. The Bertz CT molecular complexity index is 356. The molecule has 0 radical (unpaired) electrons. The predicted molar refractivity (Wildman–Crippen MR) is 74.5 cm³/mol. The minimum absolute atomic E-state index is 0.295. The van der Waals surface area contributed by atoms with E-state index >= 15 is 0 Å².